The summed E-state index contributed by atoms with van der Waals surface area (Å²) >= 11 is 0. The van der Waals surface area contributed by atoms with Gasteiger partial charge in [0.15, 0.2) is 11.5 Å². The van der Waals surface area contributed by atoms with Crippen molar-refractivity contribution in [1.82, 2.24) is 10.3 Å². The third-order valence-corrected chi connectivity index (χ3v) is 3.51. The van der Waals surface area contributed by atoms with Gasteiger partial charge < -0.3 is 18.9 Å². The summed E-state index contributed by atoms with van der Waals surface area (Å²) in [6.45, 7) is 1.13. The zero-order valence-electron chi connectivity index (χ0n) is 14.3. The first-order chi connectivity index (χ1) is 12.8. The van der Waals surface area contributed by atoms with Crippen LogP contribution in [0.1, 0.15) is 15.9 Å². The number of aromatic nitrogens is 1. The number of amidine groups is 1. The average molecular weight is 357 g/mol. The maximum atomic E-state index is 12.5. The van der Waals surface area contributed by atoms with Crippen LogP contribution in [0.25, 0.3) is 0 Å². The number of aliphatic imine (C=N–C) groups is 1. The summed E-state index contributed by atoms with van der Waals surface area (Å²) < 4.78 is 21.0. The molecule has 3 rings (SSSR count). The van der Waals surface area contributed by atoms with Crippen LogP contribution in [0.4, 0.5) is 0 Å². The van der Waals surface area contributed by atoms with Crippen LogP contribution in [0.3, 0.4) is 0 Å². The molecule has 2 aromatic rings. The molecule has 1 aliphatic rings. The smallest absolute Gasteiger partial charge is 0.292 e. The number of fused-ring (bicyclic) bond motifs is 1. The van der Waals surface area contributed by atoms with Crippen molar-refractivity contribution in [2.24, 2.45) is 4.99 Å². The number of pyridine rings is 1. The molecule has 0 fully saturated rings. The number of benzene rings is 1. The van der Waals surface area contributed by atoms with Crippen molar-refractivity contribution >= 4 is 11.9 Å². The van der Waals surface area contributed by atoms with Gasteiger partial charge in [-0.3, -0.25) is 15.1 Å². The molecule has 136 valence electrons. The number of carbonyl (C=O) groups excluding carboxylic acids is 1. The Morgan fingerprint density at radius 2 is 2.15 bits per heavy atom. The molecule has 1 amide bonds. The first kappa shape index (κ1) is 17.7. The first-order valence-corrected chi connectivity index (χ1v) is 8.02. The van der Waals surface area contributed by atoms with Gasteiger partial charge in [-0.05, 0) is 29.8 Å². The Morgan fingerprint density at radius 3 is 2.96 bits per heavy atom. The third-order valence-electron chi connectivity index (χ3n) is 3.51. The van der Waals surface area contributed by atoms with E-state index in [1.807, 2.05) is 12.1 Å². The standard InChI is InChI=1S/C18H19N3O5/c1-23-7-8-24-18(20-11-13-3-2-6-19-10-13)21-17(22)14-4-5-15-16(9-14)26-12-25-15/h2-6,9-10H,7-8,11-12H2,1H3,(H,20,21,22). The van der Waals surface area contributed by atoms with Crippen molar-refractivity contribution in [3.05, 3.63) is 53.9 Å². The lowest BCUT2D eigenvalue weighted by Gasteiger charge is -2.11. The summed E-state index contributed by atoms with van der Waals surface area (Å²) in [5.41, 5.74) is 1.32. The monoisotopic (exact) mass is 357 g/mol. The van der Waals surface area contributed by atoms with Gasteiger partial charge in [0, 0.05) is 25.1 Å². The van der Waals surface area contributed by atoms with Crippen LogP contribution >= 0.6 is 0 Å². The average Bonchev–Trinajstić information content (AvgIpc) is 3.14. The van der Waals surface area contributed by atoms with Crippen molar-refractivity contribution in [3.8, 4) is 11.5 Å². The molecule has 0 radical (unpaired) electrons. The predicted octanol–water partition coefficient (Wildman–Crippen LogP) is 1.76. The fourth-order valence-electron chi connectivity index (χ4n) is 2.20. The molecule has 0 unspecified atom stereocenters. The Balaban J connectivity index is 1.68. The van der Waals surface area contributed by atoms with Crippen LogP contribution in [0.2, 0.25) is 0 Å². The molecule has 26 heavy (non-hydrogen) atoms. The van der Waals surface area contributed by atoms with Crippen LogP contribution in [-0.4, -0.2) is 44.0 Å². The number of rotatable bonds is 6. The highest BCUT2D eigenvalue weighted by molar-refractivity contribution is 6.04. The largest absolute Gasteiger partial charge is 0.463 e. The minimum atomic E-state index is -0.356. The maximum Gasteiger partial charge on any atom is 0.292 e. The van der Waals surface area contributed by atoms with E-state index in [2.05, 4.69) is 15.3 Å². The second-order valence-corrected chi connectivity index (χ2v) is 5.35. The minimum absolute atomic E-state index is 0.119. The number of nitrogens with one attached hydrogen (secondary N) is 1. The van der Waals surface area contributed by atoms with Crippen molar-refractivity contribution in [2.75, 3.05) is 27.1 Å². The van der Waals surface area contributed by atoms with Gasteiger partial charge in [0.05, 0.1) is 13.2 Å². The second-order valence-electron chi connectivity index (χ2n) is 5.35. The van der Waals surface area contributed by atoms with Crippen molar-refractivity contribution in [3.63, 3.8) is 0 Å². The Morgan fingerprint density at radius 1 is 1.27 bits per heavy atom. The van der Waals surface area contributed by atoms with E-state index < -0.39 is 0 Å². The van der Waals surface area contributed by atoms with Gasteiger partial charge >= 0.3 is 0 Å². The van der Waals surface area contributed by atoms with Gasteiger partial charge in [-0.25, -0.2) is 4.99 Å². The lowest BCUT2D eigenvalue weighted by atomic mass is 10.2. The maximum absolute atomic E-state index is 12.5. The van der Waals surface area contributed by atoms with E-state index in [0.29, 0.717) is 30.2 Å². The fraction of sp³-hybridized carbons (Fsp3) is 0.278. The number of amides is 1. The van der Waals surface area contributed by atoms with Gasteiger partial charge in [0.25, 0.3) is 11.9 Å². The predicted molar refractivity (Wildman–Crippen MR) is 93.2 cm³/mol. The van der Waals surface area contributed by atoms with Crippen LogP contribution in [0.5, 0.6) is 11.5 Å². The number of hydrogen-bond donors (Lipinski definition) is 1. The van der Waals surface area contributed by atoms with Gasteiger partial charge in [0.2, 0.25) is 6.79 Å². The Hall–Kier alpha value is -3.13. The molecule has 1 aromatic heterocycles. The molecule has 0 saturated heterocycles. The van der Waals surface area contributed by atoms with Crippen molar-refractivity contribution < 1.29 is 23.7 Å². The molecule has 0 aliphatic carbocycles. The van der Waals surface area contributed by atoms with Gasteiger partial charge in [0.1, 0.15) is 6.61 Å². The normalized spacial score (nSPS) is 12.7. The number of ether oxygens (including phenoxy) is 4. The summed E-state index contributed by atoms with van der Waals surface area (Å²) in [5, 5.41) is 2.67. The van der Waals surface area contributed by atoms with Crippen molar-refractivity contribution in [1.29, 1.82) is 0 Å². The van der Waals surface area contributed by atoms with E-state index in [9.17, 15) is 4.79 Å². The highest BCUT2D eigenvalue weighted by Crippen LogP contribution is 2.32. The van der Waals surface area contributed by atoms with E-state index in [1.54, 1.807) is 37.7 Å². The van der Waals surface area contributed by atoms with E-state index in [-0.39, 0.29) is 25.3 Å². The molecular weight excluding hydrogens is 338 g/mol. The summed E-state index contributed by atoms with van der Waals surface area (Å²) in [6.07, 6.45) is 3.39. The van der Waals surface area contributed by atoms with Crippen molar-refractivity contribution in [2.45, 2.75) is 6.54 Å². The Kier molecular flexibility index (Phi) is 6.00. The van der Waals surface area contributed by atoms with Crippen LogP contribution in [0.15, 0.2) is 47.7 Å². The third kappa shape index (κ3) is 4.70. The molecule has 0 bridgehead atoms. The van der Waals surface area contributed by atoms with Gasteiger partial charge in [-0.1, -0.05) is 6.07 Å². The molecule has 0 atom stereocenters. The highest BCUT2D eigenvalue weighted by Gasteiger charge is 2.17. The molecule has 1 aliphatic heterocycles. The zero-order valence-corrected chi connectivity index (χ0v) is 14.3. The highest BCUT2D eigenvalue weighted by atomic mass is 16.7. The van der Waals surface area contributed by atoms with Gasteiger partial charge in [-0.15, -0.1) is 0 Å². The lowest BCUT2D eigenvalue weighted by molar-refractivity contribution is 0.0953. The molecular formula is C18H19N3O5. The molecule has 0 saturated carbocycles. The van der Waals surface area contributed by atoms with Crippen LogP contribution in [0, 0.1) is 0 Å². The van der Waals surface area contributed by atoms with Crippen LogP contribution < -0.4 is 14.8 Å². The molecule has 1 N–H and O–H groups in total. The quantitative estimate of drug-likeness (QED) is 0.481. The summed E-state index contributed by atoms with van der Waals surface area (Å²) in [7, 11) is 1.57. The Bertz CT molecular complexity index is 780. The number of methoxy groups -OCH3 is 1. The minimum Gasteiger partial charge on any atom is -0.463 e. The van der Waals surface area contributed by atoms with E-state index in [1.165, 1.54) is 0 Å². The van der Waals surface area contributed by atoms with E-state index in [0.717, 1.165) is 5.56 Å². The molecule has 1 aromatic carbocycles. The number of carbonyl (C=O) groups is 1. The number of hydrogen-bond acceptors (Lipinski definition) is 7. The summed E-state index contributed by atoms with van der Waals surface area (Å²) in [5.74, 6) is 0.792. The molecule has 8 heteroatoms. The number of nitrogens with zero attached hydrogens (tertiary/aromatic N) is 2. The zero-order chi connectivity index (χ0) is 18.2. The van der Waals surface area contributed by atoms with Gasteiger partial charge in [-0.2, -0.15) is 0 Å². The second kappa shape index (κ2) is 8.82. The fourth-order valence-corrected chi connectivity index (χ4v) is 2.20. The molecule has 8 nitrogen and oxygen atoms in total. The lowest BCUT2D eigenvalue weighted by Crippen LogP contribution is -2.33. The summed E-state index contributed by atoms with van der Waals surface area (Å²) in [6, 6.07) is 8.79. The van der Waals surface area contributed by atoms with Crippen LogP contribution in [-0.2, 0) is 16.0 Å². The van der Waals surface area contributed by atoms with E-state index in [4.69, 9.17) is 18.9 Å². The Labute approximate surface area is 150 Å². The first-order valence-electron chi connectivity index (χ1n) is 8.02. The van der Waals surface area contributed by atoms with E-state index >= 15 is 0 Å². The molecule has 0 spiro atoms. The topological polar surface area (TPSA) is 91.3 Å². The summed E-state index contributed by atoms with van der Waals surface area (Å²) in [4.78, 5) is 20.8. The SMILES string of the molecule is COCCOC(=NCc1cccnc1)NC(=O)c1ccc2c(c1)OCO2. The molecule has 2 heterocycles.